The van der Waals surface area contributed by atoms with Crippen molar-refractivity contribution in [2.24, 2.45) is 5.41 Å². The summed E-state index contributed by atoms with van der Waals surface area (Å²) in [4.78, 5) is 15.8. The number of aliphatic hydroxyl groups excluding tert-OH is 1. The zero-order valence-corrected chi connectivity index (χ0v) is 11.4. The fourth-order valence-corrected chi connectivity index (χ4v) is 2.03. The number of amides is 1. The molecule has 0 spiro atoms. The molecule has 4 nitrogen and oxygen atoms in total. The number of pyridine rings is 1. The number of carbonyl (C=O) groups is 1. The van der Waals surface area contributed by atoms with Gasteiger partial charge in [-0.05, 0) is 34.8 Å². The molecule has 1 aromatic rings. The first-order valence-electron chi connectivity index (χ1n) is 5.26. The molecule has 17 heavy (non-hydrogen) atoms. The Morgan fingerprint density at radius 2 is 2.35 bits per heavy atom. The Labute approximate surface area is 113 Å². The van der Waals surface area contributed by atoms with Gasteiger partial charge in [0.25, 0.3) is 5.91 Å². The van der Waals surface area contributed by atoms with E-state index in [1.807, 2.05) is 0 Å². The normalized spacial score (nSPS) is 16.6. The first-order chi connectivity index (χ1) is 8.06. The zero-order valence-electron chi connectivity index (χ0n) is 9.04. The van der Waals surface area contributed by atoms with Crippen molar-refractivity contribution in [1.82, 2.24) is 10.3 Å². The maximum absolute atomic E-state index is 11.9. The van der Waals surface area contributed by atoms with Crippen molar-refractivity contribution in [1.29, 1.82) is 0 Å². The molecule has 2 N–H and O–H groups in total. The smallest absolute Gasteiger partial charge is 0.254 e. The molecule has 1 aliphatic rings. The summed E-state index contributed by atoms with van der Waals surface area (Å²) >= 11 is 9.09. The van der Waals surface area contributed by atoms with E-state index in [9.17, 15) is 4.79 Å². The van der Waals surface area contributed by atoms with Crippen LogP contribution in [0.25, 0.3) is 0 Å². The molecule has 0 saturated heterocycles. The van der Waals surface area contributed by atoms with E-state index in [0.717, 1.165) is 12.8 Å². The number of halogens is 2. The van der Waals surface area contributed by atoms with Crippen LogP contribution in [0.5, 0.6) is 0 Å². The Kier molecular flexibility index (Phi) is 3.70. The van der Waals surface area contributed by atoms with Crippen LogP contribution in [0.15, 0.2) is 16.7 Å². The molecule has 0 aliphatic heterocycles. The number of carbonyl (C=O) groups excluding carboxylic acids is 1. The molecule has 0 radical (unpaired) electrons. The maximum Gasteiger partial charge on any atom is 0.254 e. The maximum atomic E-state index is 11.9. The molecular weight excluding hydrogens is 307 g/mol. The van der Waals surface area contributed by atoms with Gasteiger partial charge in [-0.25, -0.2) is 4.98 Å². The van der Waals surface area contributed by atoms with Gasteiger partial charge in [0.15, 0.2) is 0 Å². The predicted octanol–water partition coefficient (Wildman–Crippen LogP) is 2.00. The highest BCUT2D eigenvalue weighted by Gasteiger charge is 2.42. The van der Waals surface area contributed by atoms with Gasteiger partial charge in [0.1, 0.15) is 5.15 Å². The highest BCUT2D eigenvalue weighted by Crippen LogP contribution is 2.44. The van der Waals surface area contributed by atoms with Crippen LogP contribution in [0.1, 0.15) is 23.2 Å². The van der Waals surface area contributed by atoms with E-state index < -0.39 is 0 Å². The van der Waals surface area contributed by atoms with E-state index in [1.165, 1.54) is 6.20 Å². The molecule has 1 aliphatic carbocycles. The minimum atomic E-state index is -0.261. The molecule has 2 rings (SSSR count). The Balaban J connectivity index is 2.02. The van der Waals surface area contributed by atoms with Gasteiger partial charge in [0.05, 0.1) is 12.2 Å². The lowest BCUT2D eigenvalue weighted by molar-refractivity contribution is 0.0935. The number of nitrogens with zero attached hydrogens (tertiary/aromatic N) is 1. The summed E-state index contributed by atoms with van der Waals surface area (Å²) < 4.78 is 0.704. The van der Waals surface area contributed by atoms with Gasteiger partial charge in [-0.3, -0.25) is 4.79 Å². The van der Waals surface area contributed by atoms with Gasteiger partial charge in [-0.2, -0.15) is 0 Å². The van der Waals surface area contributed by atoms with Crippen LogP contribution in [0.2, 0.25) is 5.15 Å². The van der Waals surface area contributed by atoms with E-state index in [-0.39, 0.29) is 23.1 Å². The standard InChI is InChI=1S/C11H12BrClN2O2/c12-7-3-8(9(13)14-4-7)10(17)15-5-11(6-16)1-2-11/h3-4,16H,1-2,5-6H2,(H,15,17). The molecule has 1 saturated carbocycles. The molecule has 0 atom stereocenters. The molecule has 1 aromatic heterocycles. The molecule has 0 aromatic carbocycles. The molecule has 6 heteroatoms. The van der Waals surface area contributed by atoms with Gasteiger partial charge in [-0.15, -0.1) is 0 Å². The van der Waals surface area contributed by atoms with Crippen LogP contribution in [0.3, 0.4) is 0 Å². The number of aliphatic hydroxyl groups is 1. The first-order valence-corrected chi connectivity index (χ1v) is 6.43. The van der Waals surface area contributed by atoms with Gasteiger partial charge < -0.3 is 10.4 Å². The van der Waals surface area contributed by atoms with Crippen LogP contribution in [-0.2, 0) is 0 Å². The predicted molar refractivity (Wildman–Crippen MR) is 68.0 cm³/mol. The zero-order chi connectivity index (χ0) is 12.5. The first kappa shape index (κ1) is 12.8. The highest BCUT2D eigenvalue weighted by molar-refractivity contribution is 9.10. The van der Waals surface area contributed by atoms with Crippen molar-refractivity contribution in [3.63, 3.8) is 0 Å². The minimum absolute atomic E-state index is 0.109. The Morgan fingerprint density at radius 1 is 1.65 bits per heavy atom. The molecular formula is C11H12BrClN2O2. The molecule has 1 amide bonds. The summed E-state index contributed by atoms with van der Waals surface area (Å²) in [7, 11) is 0. The van der Waals surface area contributed by atoms with Crippen LogP contribution >= 0.6 is 27.5 Å². The van der Waals surface area contributed by atoms with Gasteiger partial charge in [0, 0.05) is 22.6 Å². The van der Waals surface area contributed by atoms with Crippen molar-refractivity contribution in [3.05, 3.63) is 27.5 Å². The van der Waals surface area contributed by atoms with Crippen molar-refractivity contribution >= 4 is 33.4 Å². The van der Waals surface area contributed by atoms with Crippen LogP contribution in [-0.4, -0.2) is 29.1 Å². The van der Waals surface area contributed by atoms with Crippen molar-refractivity contribution in [2.75, 3.05) is 13.2 Å². The number of hydrogen-bond acceptors (Lipinski definition) is 3. The summed E-state index contributed by atoms with van der Waals surface area (Å²) in [6.07, 6.45) is 3.44. The lowest BCUT2D eigenvalue weighted by atomic mass is 10.1. The van der Waals surface area contributed by atoms with E-state index in [4.69, 9.17) is 16.7 Å². The van der Waals surface area contributed by atoms with Crippen LogP contribution in [0, 0.1) is 5.41 Å². The second-order valence-electron chi connectivity index (χ2n) is 4.33. The summed E-state index contributed by atoms with van der Waals surface area (Å²) in [5, 5.41) is 12.1. The summed E-state index contributed by atoms with van der Waals surface area (Å²) in [5.41, 5.74) is 0.233. The van der Waals surface area contributed by atoms with Crippen molar-refractivity contribution < 1.29 is 9.90 Å². The fourth-order valence-electron chi connectivity index (χ4n) is 1.51. The van der Waals surface area contributed by atoms with E-state index >= 15 is 0 Å². The highest BCUT2D eigenvalue weighted by atomic mass is 79.9. The fraction of sp³-hybridized carbons (Fsp3) is 0.455. The molecule has 1 heterocycles. The lowest BCUT2D eigenvalue weighted by Gasteiger charge is -2.13. The monoisotopic (exact) mass is 318 g/mol. The number of aromatic nitrogens is 1. The van der Waals surface area contributed by atoms with Gasteiger partial charge >= 0.3 is 0 Å². The topological polar surface area (TPSA) is 62.2 Å². The summed E-state index contributed by atoms with van der Waals surface area (Å²) in [5.74, 6) is -0.261. The number of hydrogen-bond donors (Lipinski definition) is 2. The second kappa shape index (κ2) is 4.92. The van der Waals surface area contributed by atoms with E-state index in [2.05, 4.69) is 26.2 Å². The van der Waals surface area contributed by atoms with Crippen LogP contribution < -0.4 is 5.32 Å². The average molecular weight is 320 g/mol. The number of nitrogens with one attached hydrogen (secondary N) is 1. The second-order valence-corrected chi connectivity index (χ2v) is 5.61. The summed E-state index contributed by atoms with van der Waals surface area (Å²) in [6.45, 7) is 0.586. The van der Waals surface area contributed by atoms with Crippen molar-refractivity contribution in [2.45, 2.75) is 12.8 Å². The van der Waals surface area contributed by atoms with E-state index in [1.54, 1.807) is 6.07 Å². The molecule has 0 bridgehead atoms. The Morgan fingerprint density at radius 3 is 2.94 bits per heavy atom. The molecule has 92 valence electrons. The quantitative estimate of drug-likeness (QED) is 0.835. The van der Waals surface area contributed by atoms with Crippen LogP contribution in [0.4, 0.5) is 0 Å². The third kappa shape index (κ3) is 2.97. The van der Waals surface area contributed by atoms with Crippen molar-refractivity contribution in [3.8, 4) is 0 Å². The SMILES string of the molecule is O=C(NCC1(CO)CC1)c1cc(Br)cnc1Cl. The molecule has 0 unspecified atom stereocenters. The average Bonchev–Trinajstić information content (AvgIpc) is 3.10. The minimum Gasteiger partial charge on any atom is -0.396 e. The largest absolute Gasteiger partial charge is 0.396 e. The van der Waals surface area contributed by atoms with Gasteiger partial charge in [-0.1, -0.05) is 11.6 Å². The van der Waals surface area contributed by atoms with E-state index in [0.29, 0.717) is 16.6 Å². The third-order valence-corrected chi connectivity index (χ3v) is 3.70. The lowest BCUT2D eigenvalue weighted by Crippen LogP contribution is -2.32. The molecule has 1 fully saturated rings. The summed E-state index contributed by atoms with van der Waals surface area (Å²) in [6, 6.07) is 1.63. The Hall–Kier alpha value is -0.650. The Bertz CT molecular complexity index is 449. The number of rotatable bonds is 4. The third-order valence-electron chi connectivity index (χ3n) is 2.97. The van der Waals surface area contributed by atoms with Gasteiger partial charge in [0.2, 0.25) is 0 Å².